The normalized spacial score (nSPS) is 13.4. The summed E-state index contributed by atoms with van der Waals surface area (Å²) in [5.74, 6) is -1.41. The molecule has 0 atom stereocenters. The summed E-state index contributed by atoms with van der Waals surface area (Å²) in [7, 11) is -4.16. The molecule has 1 aliphatic rings. The number of hydrogen-bond donors (Lipinski definition) is 3. The van der Waals surface area contributed by atoms with E-state index in [1.165, 1.54) is 24.3 Å². The number of nitrogen functional groups attached to an aromatic ring is 1. The number of carbonyl (C=O) groups is 1. The van der Waals surface area contributed by atoms with Crippen LogP contribution in [0.15, 0.2) is 35.2 Å². The van der Waals surface area contributed by atoms with Gasteiger partial charge in [-0.05, 0) is 35.3 Å². The predicted molar refractivity (Wildman–Crippen MR) is 96.6 cm³/mol. The molecular formula is C16H16BFN2O6S. The molecule has 0 bridgehead atoms. The second kappa shape index (κ2) is 7.18. The number of hydrogen-bond acceptors (Lipinski definition) is 7. The fraction of sp³-hybridized carbons (Fsp3) is 0.188. The smallest absolute Gasteiger partial charge is 0.453 e. The van der Waals surface area contributed by atoms with Crippen LogP contribution in [-0.2, 0) is 31.6 Å². The summed E-state index contributed by atoms with van der Waals surface area (Å²) in [6.07, 6.45) is -0.874. The van der Waals surface area contributed by atoms with Gasteiger partial charge in [0.05, 0.1) is 30.1 Å². The van der Waals surface area contributed by atoms with Gasteiger partial charge in [-0.2, -0.15) is 0 Å². The van der Waals surface area contributed by atoms with Crippen molar-refractivity contribution in [2.75, 3.05) is 18.2 Å². The number of halogens is 1. The number of amides is 1. The van der Waals surface area contributed by atoms with Crippen LogP contribution in [-0.4, -0.2) is 33.8 Å². The van der Waals surface area contributed by atoms with Gasteiger partial charge in [0.25, 0.3) is 0 Å². The molecule has 0 unspecified atom stereocenters. The summed E-state index contributed by atoms with van der Waals surface area (Å²) in [5, 5.41) is 12.0. The van der Waals surface area contributed by atoms with E-state index in [1.54, 1.807) is 0 Å². The molecule has 0 saturated heterocycles. The summed E-state index contributed by atoms with van der Waals surface area (Å²) >= 11 is 0. The van der Waals surface area contributed by atoms with Gasteiger partial charge in [-0.15, -0.1) is 0 Å². The number of rotatable bonds is 4. The van der Waals surface area contributed by atoms with Gasteiger partial charge in [-0.3, -0.25) is 5.32 Å². The van der Waals surface area contributed by atoms with Crippen LogP contribution in [0.1, 0.15) is 11.1 Å². The minimum atomic E-state index is -4.06. The Hall–Kier alpha value is -2.63. The topological polar surface area (TPSA) is 128 Å². The Morgan fingerprint density at radius 2 is 2.15 bits per heavy atom. The van der Waals surface area contributed by atoms with Crippen molar-refractivity contribution in [1.29, 1.82) is 0 Å². The Bertz CT molecular complexity index is 1010. The van der Waals surface area contributed by atoms with Crippen molar-refractivity contribution >= 4 is 39.9 Å². The van der Waals surface area contributed by atoms with Gasteiger partial charge < -0.3 is 20.1 Å². The van der Waals surface area contributed by atoms with E-state index in [0.29, 0.717) is 11.0 Å². The van der Waals surface area contributed by atoms with Crippen molar-refractivity contribution in [2.45, 2.75) is 17.3 Å². The fourth-order valence-electron chi connectivity index (χ4n) is 2.76. The molecule has 1 heterocycles. The highest BCUT2D eigenvalue weighted by Crippen LogP contribution is 2.28. The molecule has 11 heteroatoms. The molecule has 0 fully saturated rings. The van der Waals surface area contributed by atoms with Crippen LogP contribution in [0.4, 0.5) is 20.6 Å². The number of nitrogens with two attached hydrogens (primary N) is 1. The third-order valence-electron chi connectivity index (χ3n) is 4.08. The minimum Gasteiger partial charge on any atom is -0.453 e. The molecule has 2 aromatic carbocycles. The van der Waals surface area contributed by atoms with Gasteiger partial charge in [-0.1, -0.05) is 6.07 Å². The summed E-state index contributed by atoms with van der Waals surface area (Å²) in [6, 6.07) is 6.25. The van der Waals surface area contributed by atoms with Crippen LogP contribution in [0.25, 0.3) is 0 Å². The molecule has 1 amide bonds. The summed E-state index contributed by atoms with van der Waals surface area (Å²) < 4.78 is 49.5. The lowest BCUT2D eigenvalue weighted by Gasteiger charge is -2.13. The Kier molecular flexibility index (Phi) is 5.09. The number of sulfone groups is 1. The molecule has 1 aliphatic heterocycles. The standard InChI is InChI=1S/C16H16BFN2O6S/c1-25-16(21)20-14-6-11(19)2-3-15(14)27(23,24)8-10-4-12-9(5-13(10)18)7-26-17(12)22/h2-6,22H,7-8,19H2,1H3,(H,20,21). The van der Waals surface area contributed by atoms with Crippen molar-refractivity contribution in [2.24, 2.45) is 0 Å². The maximum atomic E-state index is 14.3. The van der Waals surface area contributed by atoms with Crippen LogP contribution in [0.2, 0.25) is 0 Å². The van der Waals surface area contributed by atoms with Gasteiger partial charge >= 0.3 is 13.2 Å². The highest BCUT2D eigenvalue weighted by atomic mass is 32.2. The lowest BCUT2D eigenvalue weighted by atomic mass is 9.79. The summed E-state index contributed by atoms with van der Waals surface area (Å²) in [4.78, 5) is 11.2. The first-order valence-corrected chi connectivity index (χ1v) is 9.44. The van der Waals surface area contributed by atoms with E-state index in [4.69, 9.17) is 10.4 Å². The average Bonchev–Trinajstić information content (AvgIpc) is 2.95. The first-order chi connectivity index (χ1) is 12.7. The maximum absolute atomic E-state index is 14.3. The Balaban J connectivity index is 1.99. The molecular weight excluding hydrogens is 378 g/mol. The van der Waals surface area contributed by atoms with E-state index in [0.717, 1.165) is 13.2 Å². The van der Waals surface area contributed by atoms with Gasteiger partial charge in [0.15, 0.2) is 9.84 Å². The van der Waals surface area contributed by atoms with E-state index in [-0.39, 0.29) is 28.4 Å². The van der Waals surface area contributed by atoms with Crippen LogP contribution in [0.5, 0.6) is 0 Å². The van der Waals surface area contributed by atoms with E-state index in [9.17, 15) is 22.6 Å². The number of carbonyl (C=O) groups excluding carboxylic acids is 1. The zero-order chi connectivity index (χ0) is 19.8. The van der Waals surface area contributed by atoms with Crippen molar-refractivity contribution in [3.05, 3.63) is 47.3 Å². The number of methoxy groups -OCH3 is 1. The van der Waals surface area contributed by atoms with E-state index in [1.807, 2.05) is 0 Å². The molecule has 4 N–H and O–H groups in total. The second-order valence-corrected chi connectivity index (χ2v) is 7.90. The molecule has 3 rings (SSSR count). The van der Waals surface area contributed by atoms with Crippen molar-refractivity contribution in [3.8, 4) is 0 Å². The predicted octanol–water partition coefficient (Wildman–Crippen LogP) is 0.778. The summed E-state index contributed by atoms with van der Waals surface area (Å²) in [5.41, 5.74) is 6.46. The molecule has 0 radical (unpaired) electrons. The second-order valence-electron chi connectivity index (χ2n) is 5.94. The van der Waals surface area contributed by atoms with E-state index < -0.39 is 34.6 Å². The number of fused-ring (bicyclic) bond motifs is 1. The van der Waals surface area contributed by atoms with Crippen molar-refractivity contribution < 1.29 is 32.0 Å². The van der Waals surface area contributed by atoms with Crippen LogP contribution >= 0.6 is 0 Å². The molecule has 2 aromatic rings. The molecule has 27 heavy (non-hydrogen) atoms. The highest BCUT2D eigenvalue weighted by Gasteiger charge is 2.30. The zero-order valence-electron chi connectivity index (χ0n) is 14.2. The third-order valence-corrected chi connectivity index (χ3v) is 5.79. The number of nitrogens with one attached hydrogen (secondary N) is 1. The first kappa shape index (κ1) is 19.1. The van der Waals surface area contributed by atoms with E-state index >= 15 is 0 Å². The molecule has 8 nitrogen and oxygen atoms in total. The first-order valence-electron chi connectivity index (χ1n) is 7.79. The third kappa shape index (κ3) is 3.89. The fourth-order valence-corrected chi connectivity index (χ4v) is 4.27. The average molecular weight is 394 g/mol. The molecule has 0 spiro atoms. The Morgan fingerprint density at radius 1 is 1.41 bits per heavy atom. The Morgan fingerprint density at radius 3 is 2.85 bits per heavy atom. The largest absolute Gasteiger partial charge is 0.491 e. The molecule has 142 valence electrons. The van der Waals surface area contributed by atoms with Gasteiger partial charge in [-0.25, -0.2) is 17.6 Å². The van der Waals surface area contributed by atoms with E-state index in [2.05, 4.69) is 10.1 Å². The van der Waals surface area contributed by atoms with Crippen LogP contribution in [0.3, 0.4) is 0 Å². The maximum Gasteiger partial charge on any atom is 0.491 e. The Labute approximate surface area is 155 Å². The van der Waals surface area contributed by atoms with Gasteiger partial charge in [0.2, 0.25) is 0 Å². The molecule has 0 saturated carbocycles. The molecule has 0 aromatic heterocycles. The van der Waals surface area contributed by atoms with Crippen LogP contribution in [0, 0.1) is 5.82 Å². The van der Waals surface area contributed by atoms with Crippen molar-refractivity contribution in [3.63, 3.8) is 0 Å². The summed E-state index contributed by atoms with van der Waals surface area (Å²) in [6.45, 7) is 0.0472. The van der Waals surface area contributed by atoms with Gasteiger partial charge in [0.1, 0.15) is 5.82 Å². The van der Waals surface area contributed by atoms with Crippen molar-refractivity contribution in [1.82, 2.24) is 0 Å². The number of anilines is 2. The number of ether oxygens (including phenoxy) is 1. The molecule has 0 aliphatic carbocycles. The van der Waals surface area contributed by atoms with Crippen LogP contribution < -0.4 is 16.5 Å². The monoisotopic (exact) mass is 394 g/mol. The lowest BCUT2D eigenvalue weighted by Crippen LogP contribution is -2.29. The quantitative estimate of drug-likeness (QED) is 0.516. The zero-order valence-corrected chi connectivity index (χ0v) is 15.0. The minimum absolute atomic E-state index is 0.0472. The van der Waals surface area contributed by atoms with Gasteiger partial charge in [0, 0.05) is 11.3 Å². The highest BCUT2D eigenvalue weighted by molar-refractivity contribution is 7.90. The SMILES string of the molecule is COC(=O)Nc1cc(N)ccc1S(=O)(=O)Cc1cc2c(cc1F)COB2O. The lowest BCUT2D eigenvalue weighted by molar-refractivity contribution is 0.187. The number of benzene rings is 2.